The molecule has 0 bridgehead atoms. The lowest BCUT2D eigenvalue weighted by atomic mass is 10.1. The average Bonchev–Trinajstić information content (AvgIpc) is 3.10. The molecule has 0 spiro atoms. The lowest BCUT2D eigenvalue weighted by Gasteiger charge is -2.21. The van der Waals surface area contributed by atoms with Crippen molar-refractivity contribution < 1.29 is 23.8 Å². The van der Waals surface area contributed by atoms with E-state index in [0.717, 1.165) is 12.8 Å². The van der Waals surface area contributed by atoms with Crippen LogP contribution in [0.25, 0.3) is 0 Å². The molecule has 28 heavy (non-hydrogen) atoms. The molecule has 0 aromatic carbocycles. The molecule has 0 aromatic heterocycles. The zero-order valence-electron chi connectivity index (χ0n) is 17.6. The summed E-state index contributed by atoms with van der Waals surface area (Å²) in [7, 11) is 0. The van der Waals surface area contributed by atoms with Crippen LogP contribution in [-0.2, 0) is 25.8 Å². The lowest BCUT2D eigenvalue weighted by molar-refractivity contribution is -0.203. The van der Waals surface area contributed by atoms with Gasteiger partial charge in [0.1, 0.15) is 12.8 Å². The van der Waals surface area contributed by atoms with Crippen molar-refractivity contribution in [3.63, 3.8) is 0 Å². The normalized spacial score (nSPS) is 22.1. The minimum atomic E-state index is -3.85. The standard InChI is InChI=1S/C21H41O5PS/c1-2-3-4-5-6-7-8-9-10-11-12-13-14-15-16-17-21-24-18-20(26-21)19-25-27(22,23)28/h9-10,20-21H,2-8,11-19H2,1H3,(H2,22,23,28)/p-1/b10-9-/t20-,21-/m1/s1. The highest BCUT2D eigenvalue weighted by Gasteiger charge is 2.26. The number of rotatable bonds is 18. The second-order valence-corrected chi connectivity index (χ2v) is 10.2. The van der Waals surface area contributed by atoms with Crippen LogP contribution in [0.1, 0.15) is 96.8 Å². The van der Waals surface area contributed by atoms with E-state index in [1.54, 1.807) is 0 Å². The van der Waals surface area contributed by atoms with Crippen LogP contribution in [0.15, 0.2) is 12.2 Å². The summed E-state index contributed by atoms with van der Waals surface area (Å²) in [4.78, 5) is 19.9. The van der Waals surface area contributed by atoms with E-state index in [0.29, 0.717) is 6.61 Å². The van der Waals surface area contributed by atoms with Gasteiger partial charge >= 0.3 is 0 Å². The summed E-state index contributed by atoms with van der Waals surface area (Å²) in [6, 6.07) is 0. The topological polar surface area (TPSA) is 71.0 Å². The zero-order valence-corrected chi connectivity index (χ0v) is 19.3. The van der Waals surface area contributed by atoms with Crippen molar-refractivity contribution >= 4 is 18.5 Å². The van der Waals surface area contributed by atoms with Crippen molar-refractivity contribution in [2.75, 3.05) is 13.2 Å². The lowest BCUT2D eigenvalue weighted by Crippen LogP contribution is -2.20. The van der Waals surface area contributed by atoms with Gasteiger partial charge in [-0.05, 0) is 38.5 Å². The molecule has 3 atom stereocenters. The maximum Gasteiger partial charge on any atom is 0.158 e. The van der Waals surface area contributed by atoms with Gasteiger partial charge in [-0.15, -0.1) is 0 Å². The Kier molecular flexibility index (Phi) is 15.9. The summed E-state index contributed by atoms with van der Waals surface area (Å²) < 4.78 is 15.9. The number of hydrogen-bond acceptors (Lipinski definition) is 5. The second kappa shape index (κ2) is 16.9. The van der Waals surface area contributed by atoms with E-state index in [1.165, 1.54) is 77.0 Å². The van der Waals surface area contributed by atoms with Crippen molar-refractivity contribution in [2.24, 2.45) is 0 Å². The number of ether oxygens (including phenoxy) is 2. The Morgan fingerprint density at radius 3 is 2.18 bits per heavy atom. The molecule has 0 aliphatic carbocycles. The van der Waals surface area contributed by atoms with Crippen LogP contribution in [0, 0.1) is 0 Å². The van der Waals surface area contributed by atoms with E-state index in [4.69, 9.17) is 18.9 Å². The maximum atomic E-state index is 10.9. The molecule has 1 unspecified atom stereocenters. The van der Waals surface area contributed by atoms with Crippen LogP contribution in [0.2, 0.25) is 0 Å². The van der Waals surface area contributed by atoms with Crippen molar-refractivity contribution in [1.82, 2.24) is 0 Å². The van der Waals surface area contributed by atoms with Crippen LogP contribution in [-0.4, -0.2) is 30.5 Å². The van der Waals surface area contributed by atoms with Crippen molar-refractivity contribution in [2.45, 2.75) is 109 Å². The molecule has 1 heterocycles. The first kappa shape index (κ1) is 26.2. The van der Waals surface area contributed by atoms with Gasteiger partial charge in [-0.25, -0.2) is 0 Å². The minimum absolute atomic E-state index is 0.0140. The van der Waals surface area contributed by atoms with Crippen LogP contribution < -0.4 is 4.89 Å². The van der Waals surface area contributed by atoms with E-state index in [9.17, 15) is 4.89 Å². The largest absolute Gasteiger partial charge is 0.780 e. The molecule has 0 aromatic rings. The summed E-state index contributed by atoms with van der Waals surface area (Å²) in [6.45, 7) is -1.18. The molecule has 166 valence electrons. The molecule has 1 aliphatic heterocycles. The van der Waals surface area contributed by atoms with E-state index in [-0.39, 0.29) is 19.0 Å². The Balaban J connectivity index is 1.83. The molecule has 1 fully saturated rings. The van der Waals surface area contributed by atoms with Crippen LogP contribution in [0.3, 0.4) is 0 Å². The third kappa shape index (κ3) is 16.0. The Bertz CT molecular complexity index is 441. The molecular formula is C21H40O5PS-. The van der Waals surface area contributed by atoms with Gasteiger partial charge < -0.3 is 23.8 Å². The Labute approximate surface area is 177 Å². The first-order chi connectivity index (χ1) is 13.5. The van der Waals surface area contributed by atoms with Gasteiger partial charge in [0, 0.05) is 0 Å². The van der Waals surface area contributed by atoms with E-state index >= 15 is 0 Å². The third-order valence-corrected chi connectivity index (χ3v) is 5.73. The molecule has 1 rings (SSSR count). The molecule has 1 saturated heterocycles. The van der Waals surface area contributed by atoms with Crippen molar-refractivity contribution in [3.05, 3.63) is 12.2 Å². The molecular weight excluding hydrogens is 395 g/mol. The number of unbranched alkanes of at least 4 members (excludes halogenated alkanes) is 11. The number of hydrogen-bond donors (Lipinski definition) is 1. The predicted molar refractivity (Wildman–Crippen MR) is 117 cm³/mol. The van der Waals surface area contributed by atoms with Gasteiger partial charge in [-0.3, -0.25) is 0 Å². The minimum Gasteiger partial charge on any atom is -0.780 e. The van der Waals surface area contributed by atoms with E-state index < -0.39 is 6.72 Å². The quantitative estimate of drug-likeness (QED) is 0.178. The predicted octanol–water partition coefficient (Wildman–Crippen LogP) is 5.36. The highest BCUT2D eigenvalue weighted by molar-refractivity contribution is 8.06. The molecule has 1 N–H and O–H groups in total. The van der Waals surface area contributed by atoms with E-state index in [2.05, 4.69) is 30.9 Å². The number of allylic oxidation sites excluding steroid dienone is 2. The fourth-order valence-corrected chi connectivity index (χ4v) is 3.84. The highest BCUT2D eigenvalue weighted by atomic mass is 32.5. The first-order valence-corrected chi connectivity index (χ1v) is 13.7. The Hall–Kier alpha value is 0.190. The SMILES string of the molecule is CCCCCCCC/C=C\CCCCCCC[C@@H]1OC[C@H](COP([O-])(O)=S)O1. The maximum absolute atomic E-state index is 10.9. The van der Waals surface area contributed by atoms with Gasteiger partial charge in [0.25, 0.3) is 0 Å². The average molecular weight is 436 g/mol. The summed E-state index contributed by atoms with van der Waals surface area (Å²) >= 11 is 4.31. The second-order valence-electron chi connectivity index (χ2n) is 7.66. The molecule has 0 amide bonds. The van der Waals surface area contributed by atoms with Crippen LogP contribution in [0.4, 0.5) is 0 Å². The summed E-state index contributed by atoms with van der Waals surface area (Å²) in [5.74, 6) is 0. The van der Waals surface area contributed by atoms with Gasteiger partial charge in [-0.2, -0.15) is 0 Å². The highest BCUT2D eigenvalue weighted by Crippen LogP contribution is 2.32. The third-order valence-electron chi connectivity index (χ3n) is 4.94. The smallest absolute Gasteiger partial charge is 0.158 e. The molecule has 0 radical (unpaired) electrons. The molecule has 1 aliphatic rings. The van der Waals surface area contributed by atoms with Crippen molar-refractivity contribution in [1.29, 1.82) is 0 Å². The molecule has 7 heteroatoms. The molecule has 5 nitrogen and oxygen atoms in total. The van der Waals surface area contributed by atoms with Gasteiger partial charge in [0.15, 0.2) is 6.29 Å². The van der Waals surface area contributed by atoms with Gasteiger partial charge in [0.05, 0.1) is 13.2 Å². The summed E-state index contributed by atoms with van der Waals surface area (Å²) in [5, 5.41) is 0. The van der Waals surface area contributed by atoms with E-state index in [1.807, 2.05) is 0 Å². The van der Waals surface area contributed by atoms with Gasteiger partial charge in [-0.1, -0.05) is 82.2 Å². The van der Waals surface area contributed by atoms with Gasteiger partial charge in [0.2, 0.25) is 0 Å². The monoisotopic (exact) mass is 435 g/mol. The summed E-state index contributed by atoms with van der Waals surface area (Å²) in [5.41, 5.74) is 0. The van der Waals surface area contributed by atoms with Crippen LogP contribution in [0.5, 0.6) is 0 Å². The first-order valence-electron chi connectivity index (χ1n) is 11.1. The summed E-state index contributed by atoms with van der Waals surface area (Å²) in [6.07, 6.45) is 21.8. The fourth-order valence-electron chi connectivity index (χ4n) is 3.31. The zero-order chi connectivity index (χ0) is 20.5. The van der Waals surface area contributed by atoms with Crippen molar-refractivity contribution in [3.8, 4) is 0 Å². The fraction of sp³-hybridized carbons (Fsp3) is 0.905. The Morgan fingerprint density at radius 2 is 1.57 bits per heavy atom. The molecule has 0 saturated carbocycles. The Morgan fingerprint density at radius 1 is 1.00 bits per heavy atom. The van der Waals surface area contributed by atoms with Crippen LogP contribution >= 0.6 is 6.72 Å².